The highest BCUT2D eigenvalue weighted by Gasteiger charge is 2.43. The molecule has 2 aromatic rings. The van der Waals surface area contributed by atoms with Gasteiger partial charge in [-0.2, -0.15) is 0 Å². The number of nitrogens with zero attached hydrogens (tertiary/aromatic N) is 2. The van der Waals surface area contributed by atoms with Gasteiger partial charge in [0, 0.05) is 25.7 Å². The van der Waals surface area contributed by atoms with Gasteiger partial charge < -0.3 is 29.3 Å². The highest BCUT2D eigenvalue weighted by atomic mass is 16.6. The van der Waals surface area contributed by atoms with E-state index in [1.165, 1.54) is 29.7 Å². The maximum absolute atomic E-state index is 14.4. The first-order valence-electron chi connectivity index (χ1n) is 16.8. The number of amides is 3. The molecule has 1 saturated carbocycles. The molecule has 1 saturated heterocycles. The molecule has 0 aromatic heterocycles. The quantitative estimate of drug-likeness (QED) is 0.235. The summed E-state index contributed by atoms with van der Waals surface area (Å²) >= 11 is 0. The van der Waals surface area contributed by atoms with Crippen LogP contribution in [0.2, 0.25) is 0 Å². The summed E-state index contributed by atoms with van der Waals surface area (Å²) in [6.45, 7) is 10.4. The highest BCUT2D eigenvalue weighted by molar-refractivity contribution is 5.96. The molecule has 2 aliphatic rings. The molecule has 2 atom stereocenters. The molecule has 9 heteroatoms. The molecule has 1 heterocycles. The summed E-state index contributed by atoms with van der Waals surface area (Å²) in [5.74, 6) is -0.0823. The fraction of sp³-hybridized carbons (Fsp3) is 0.595. The van der Waals surface area contributed by atoms with Crippen LogP contribution in [0.3, 0.4) is 0 Å². The van der Waals surface area contributed by atoms with Crippen molar-refractivity contribution in [3.63, 3.8) is 0 Å². The molecule has 4 rings (SSSR count). The van der Waals surface area contributed by atoms with E-state index < -0.39 is 23.5 Å². The minimum Gasteiger partial charge on any atom is -0.497 e. The Hall–Kier alpha value is -3.75. The first-order chi connectivity index (χ1) is 21.9. The molecular weight excluding hydrogens is 582 g/mol. The van der Waals surface area contributed by atoms with Crippen LogP contribution in [0, 0.1) is 18.8 Å². The van der Waals surface area contributed by atoms with Crippen molar-refractivity contribution in [1.29, 1.82) is 0 Å². The van der Waals surface area contributed by atoms with Gasteiger partial charge in [0.25, 0.3) is 0 Å². The Bertz CT molecular complexity index is 1370. The number of carbonyl (C=O) groups is 3. The number of unbranched alkanes of at least 4 members (excludes halogenated alkanes) is 3. The minimum atomic E-state index is -0.707. The number of likely N-dealkylation sites (tertiary alicyclic amines) is 1. The number of aryl methyl sites for hydroxylation is 2. The smallest absolute Gasteiger partial charge is 0.410 e. The highest BCUT2D eigenvalue weighted by Crippen LogP contribution is 2.35. The summed E-state index contributed by atoms with van der Waals surface area (Å²) in [6.07, 6.45) is 7.40. The van der Waals surface area contributed by atoms with E-state index >= 15 is 0 Å². The van der Waals surface area contributed by atoms with Crippen LogP contribution in [0.15, 0.2) is 36.4 Å². The summed E-state index contributed by atoms with van der Waals surface area (Å²) in [4.78, 5) is 44.9. The summed E-state index contributed by atoms with van der Waals surface area (Å²) in [5, 5.41) is 3.03. The van der Waals surface area contributed by atoms with Crippen molar-refractivity contribution in [3.8, 4) is 11.5 Å². The number of piperidine rings is 1. The van der Waals surface area contributed by atoms with Gasteiger partial charge in [0.1, 0.15) is 17.1 Å². The number of methoxy groups -OCH3 is 2. The largest absolute Gasteiger partial charge is 0.497 e. The lowest BCUT2D eigenvalue weighted by atomic mass is 9.87. The maximum atomic E-state index is 14.4. The zero-order chi connectivity index (χ0) is 33.4. The Morgan fingerprint density at radius 1 is 0.957 bits per heavy atom. The average Bonchev–Trinajstić information content (AvgIpc) is 3.87. The van der Waals surface area contributed by atoms with Crippen LogP contribution in [-0.2, 0) is 27.3 Å². The second-order valence-corrected chi connectivity index (χ2v) is 13.9. The van der Waals surface area contributed by atoms with E-state index in [9.17, 15) is 14.4 Å². The van der Waals surface area contributed by atoms with Gasteiger partial charge in [0.15, 0.2) is 0 Å². The Morgan fingerprint density at radius 2 is 1.67 bits per heavy atom. The number of rotatable bonds is 13. The van der Waals surface area contributed by atoms with Crippen LogP contribution in [0.25, 0.3) is 0 Å². The molecule has 0 bridgehead atoms. The number of para-hydroxylation sites is 1. The van der Waals surface area contributed by atoms with Gasteiger partial charge in [-0.25, -0.2) is 4.79 Å². The molecule has 1 aliphatic carbocycles. The second-order valence-electron chi connectivity index (χ2n) is 13.9. The number of hydrogen-bond donors (Lipinski definition) is 1. The molecule has 2 fully saturated rings. The second kappa shape index (κ2) is 15.7. The van der Waals surface area contributed by atoms with E-state index in [1.807, 2.05) is 50.8 Å². The van der Waals surface area contributed by atoms with Gasteiger partial charge >= 0.3 is 6.09 Å². The number of nitrogens with one attached hydrogen (secondary N) is 1. The predicted octanol–water partition coefficient (Wildman–Crippen LogP) is 7.14. The van der Waals surface area contributed by atoms with Gasteiger partial charge in [-0.3, -0.25) is 9.59 Å². The van der Waals surface area contributed by atoms with E-state index in [0.717, 1.165) is 42.6 Å². The summed E-state index contributed by atoms with van der Waals surface area (Å²) in [6, 6.07) is 12.0. The number of ether oxygens (including phenoxy) is 3. The van der Waals surface area contributed by atoms with Gasteiger partial charge in [-0.05, 0) is 94.7 Å². The Labute approximate surface area is 274 Å². The van der Waals surface area contributed by atoms with Crippen molar-refractivity contribution >= 4 is 23.6 Å². The van der Waals surface area contributed by atoms with Crippen LogP contribution < -0.4 is 14.8 Å². The van der Waals surface area contributed by atoms with E-state index in [0.29, 0.717) is 24.4 Å². The normalized spacial score (nSPS) is 18.1. The van der Waals surface area contributed by atoms with Gasteiger partial charge in [-0.1, -0.05) is 44.4 Å². The van der Waals surface area contributed by atoms with Crippen molar-refractivity contribution in [2.24, 2.45) is 11.8 Å². The lowest BCUT2D eigenvalue weighted by Crippen LogP contribution is -2.53. The summed E-state index contributed by atoms with van der Waals surface area (Å²) in [7, 11) is 3.24. The number of benzene rings is 2. The van der Waals surface area contributed by atoms with E-state index in [2.05, 4.69) is 24.4 Å². The van der Waals surface area contributed by atoms with Gasteiger partial charge in [-0.15, -0.1) is 0 Å². The van der Waals surface area contributed by atoms with Crippen molar-refractivity contribution < 1.29 is 28.6 Å². The van der Waals surface area contributed by atoms with Crippen LogP contribution in [-0.4, -0.2) is 66.7 Å². The maximum Gasteiger partial charge on any atom is 0.410 e. The fourth-order valence-electron chi connectivity index (χ4n) is 6.18. The standard InChI is InChI=1S/C37H53N3O6/c1-8-9-10-11-14-26-18-27(20-31(19-26)44-6)22-40(30-16-17-30)35(42)29-21-28(23-39(24-29)36(43)46-37(3,4)5)34(41)38-33-25(2)13-12-15-32(33)45-7/h12-13,15,18-20,28-30H,8-11,14,16-17,21-24H2,1-7H3,(H,38,41)/t28-,29+/m0/s1. The van der Waals surface area contributed by atoms with Crippen LogP contribution in [0.1, 0.15) is 89.3 Å². The van der Waals surface area contributed by atoms with Crippen molar-refractivity contribution in [2.45, 2.75) is 104 Å². The third-order valence-electron chi connectivity index (χ3n) is 8.73. The Kier molecular flexibility index (Phi) is 12.0. The molecule has 9 nitrogen and oxygen atoms in total. The lowest BCUT2D eigenvalue weighted by Gasteiger charge is -2.39. The third-order valence-corrected chi connectivity index (χ3v) is 8.73. The molecule has 0 unspecified atom stereocenters. The summed E-state index contributed by atoms with van der Waals surface area (Å²) < 4.78 is 16.8. The van der Waals surface area contributed by atoms with Crippen LogP contribution in [0.5, 0.6) is 11.5 Å². The molecule has 0 radical (unpaired) electrons. The molecule has 0 spiro atoms. The van der Waals surface area contributed by atoms with Crippen molar-refractivity contribution in [2.75, 3.05) is 32.6 Å². The lowest BCUT2D eigenvalue weighted by molar-refractivity contribution is -0.140. The first-order valence-corrected chi connectivity index (χ1v) is 16.8. The number of anilines is 1. The molecule has 1 aliphatic heterocycles. The molecule has 3 amide bonds. The number of hydrogen-bond acceptors (Lipinski definition) is 6. The number of carbonyl (C=O) groups excluding carboxylic acids is 3. The van der Waals surface area contributed by atoms with Gasteiger partial charge in [0.2, 0.25) is 11.8 Å². The third kappa shape index (κ3) is 9.63. The topological polar surface area (TPSA) is 97.4 Å². The Balaban J connectivity index is 1.57. The van der Waals surface area contributed by atoms with Crippen LogP contribution in [0.4, 0.5) is 10.5 Å². The molecule has 2 aromatic carbocycles. The molecule has 252 valence electrons. The van der Waals surface area contributed by atoms with Crippen LogP contribution >= 0.6 is 0 Å². The zero-order valence-corrected chi connectivity index (χ0v) is 28.8. The SMILES string of the molecule is CCCCCCc1cc(CN(C(=O)[C@@H]2C[C@H](C(=O)Nc3c(C)cccc3OC)CN(C(=O)OC(C)(C)C)C2)C2CC2)cc(OC)c1. The summed E-state index contributed by atoms with van der Waals surface area (Å²) in [5.41, 5.74) is 3.00. The fourth-order valence-corrected chi connectivity index (χ4v) is 6.18. The van der Waals surface area contributed by atoms with Gasteiger partial charge in [0.05, 0.1) is 31.7 Å². The zero-order valence-electron chi connectivity index (χ0n) is 28.8. The first kappa shape index (κ1) is 35.1. The van der Waals surface area contributed by atoms with Crippen molar-refractivity contribution in [1.82, 2.24) is 9.80 Å². The molecule has 46 heavy (non-hydrogen) atoms. The van der Waals surface area contributed by atoms with Crippen molar-refractivity contribution in [3.05, 3.63) is 53.1 Å². The van der Waals surface area contributed by atoms with E-state index in [-0.39, 0.29) is 30.9 Å². The van der Waals surface area contributed by atoms with E-state index in [1.54, 1.807) is 20.3 Å². The monoisotopic (exact) mass is 635 g/mol. The predicted molar refractivity (Wildman–Crippen MR) is 180 cm³/mol. The molecule has 1 N–H and O–H groups in total. The minimum absolute atomic E-state index is 0.0330. The average molecular weight is 636 g/mol. The van der Waals surface area contributed by atoms with E-state index in [4.69, 9.17) is 14.2 Å². The molecular formula is C37H53N3O6. The Morgan fingerprint density at radius 3 is 2.33 bits per heavy atom.